The summed E-state index contributed by atoms with van der Waals surface area (Å²) in [6.07, 6.45) is 0. The number of hydrogen-bond acceptors (Lipinski definition) is 4. The third-order valence-corrected chi connectivity index (χ3v) is 13.0. The zero-order chi connectivity index (χ0) is 40.8. The Labute approximate surface area is 358 Å². The van der Waals surface area contributed by atoms with Gasteiger partial charge in [0.2, 0.25) is 0 Å². The third-order valence-electron chi connectivity index (χ3n) is 13.0. The molecule has 1 spiro atoms. The molecule has 9 aromatic carbocycles. The summed E-state index contributed by atoms with van der Waals surface area (Å²) in [6, 6.07) is 75.7. The molecule has 0 N–H and O–H groups in total. The Hall–Kier alpha value is -8.21. The Bertz CT molecular complexity index is 3540. The zero-order valence-corrected chi connectivity index (χ0v) is 33.5. The number of nitrogens with zero attached hydrogens (tertiary/aromatic N) is 3. The number of para-hydroxylation sites is 1. The summed E-state index contributed by atoms with van der Waals surface area (Å²) < 4.78 is 6.11. The third kappa shape index (κ3) is 5.04. The number of aromatic nitrogens is 3. The molecular formula is C58H35N3O. The molecule has 0 amide bonds. The van der Waals surface area contributed by atoms with E-state index in [1.165, 1.54) is 44.5 Å². The summed E-state index contributed by atoms with van der Waals surface area (Å²) in [6.45, 7) is 0. The van der Waals surface area contributed by atoms with Gasteiger partial charge in [0.05, 0.1) is 5.41 Å². The summed E-state index contributed by atoms with van der Waals surface area (Å²) in [7, 11) is 0. The quantitative estimate of drug-likeness (QED) is 0.174. The molecule has 2 aromatic heterocycles. The molecule has 0 radical (unpaired) electrons. The minimum absolute atomic E-state index is 0.388. The Morgan fingerprint density at radius 2 is 0.742 bits per heavy atom. The standard InChI is InChI=1S/C58H35N3O/c1-2-14-37(15-3-1)55-59-56(38-28-26-36(27-29-38)39-31-33-54-48(34-39)45-20-9-13-25-53(45)62-54)61-57(60-55)46-21-5-4-16-41(46)40-30-32-52-47(35-40)44-19-8-12-24-51(44)58(52)49-22-10-6-17-42(49)43-18-7-11-23-50(43)58/h1-35H. The minimum Gasteiger partial charge on any atom is -0.456 e. The van der Waals surface area contributed by atoms with Gasteiger partial charge in [-0.25, -0.2) is 15.0 Å². The molecule has 2 aliphatic rings. The van der Waals surface area contributed by atoms with Crippen LogP contribution in [0, 0.1) is 0 Å². The first-order chi connectivity index (χ1) is 30.7. The highest BCUT2D eigenvalue weighted by atomic mass is 16.3. The van der Waals surface area contributed by atoms with Gasteiger partial charge in [-0.3, -0.25) is 0 Å². The van der Waals surface area contributed by atoms with Crippen molar-refractivity contribution in [2.24, 2.45) is 0 Å². The number of hydrogen-bond donors (Lipinski definition) is 0. The van der Waals surface area contributed by atoms with Crippen LogP contribution in [-0.2, 0) is 5.41 Å². The Morgan fingerprint density at radius 1 is 0.274 bits per heavy atom. The summed E-state index contributed by atoms with van der Waals surface area (Å²) in [5.74, 6) is 1.88. The van der Waals surface area contributed by atoms with Crippen LogP contribution in [0.5, 0.6) is 0 Å². The van der Waals surface area contributed by atoms with E-state index in [9.17, 15) is 0 Å². The van der Waals surface area contributed by atoms with Crippen LogP contribution in [-0.4, -0.2) is 15.0 Å². The lowest BCUT2D eigenvalue weighted by atomic mass is 9.70. The largest absolute Gasteiger partial charge is 0.456 e. The summed E-state index contributed by atoms with van der Waals surface area (Å²) in [5.41, 5.74) is 19.0. The van der Waals surface area contributed by atoms with Gasteiger partial charge in [-0.05, 0) is 91.0 Å². The topological polar surface area (TPSA) is 51.8 Å². The Kier molecular flexibility index (Phi) is 7.49. The first-order valence-corrected chi connectivity index (χ1v) is 21.1. The van der Waals surface area contributed by atoms with Gasteiger partial charge in [0.1, 0.15) is 11.2 Å². The van der Waals surface area contributed by atoms with Crippen LogP contribution in [0.1, 0.15) is 22.3 Å². The van der Waals surface area contributed by atoms with Crippen molar-refractivity contribution in [3.63, 3.8) is 0 Å². The van der Waals surface area contributed by atoms with E-state index in [-0.39, 0.29) is 5.41 Å². The smallest absolute Gasteiger partial charge is 0.164 e. The van der Waals surface area contributed by atoms with Crippen LogP contribution in [0.4, 0.5) is 0 Å². The fraction of sp³-hybridized carbons (Fsp3) is 0.0172. The lowest BCUT2D eigenvalue weighted by Gasteiger charge is -2.30. The number of benzene rings is 9. The molecule has 62 heavy (non-hydrogen) atoms. The molecule has 4 nitrogen and oxygen atoms in total. The second kappa shape index (κ2) is 13.4. The molecule has 2 aliphatic carbocycles. The maximum atomic E-state index is 6.11. The highest BCUT2D eigenvalue weighted by molar-refractivity contribution is 6.06. The van der Waals surface area contributed by atoms with Crippen LogP contribution in [0.15, 0.2) is 217 Å². The molecule has 11 aromatic rings. The predicted octanol–water partition coefficient (Wildman–Crippen LogP) is 14.4. The van der Waals surface area contributed by atoms with Gasteiger partial charge in [0, 0.05) is 27.5 Å². The second-order valence-corrected chi connectivity index (χ2v) is 16.3. The van der Waals surface area contributed by atoms with Gasteiger partial charge < -0.3 is 4.42 Å². The van der Waals surface area contributed by atoms with Gasteiger partial charge in [0.25, 0.3) is 0 Å². The Morgan fingerprint density at radius 3 is 1.44 bits per heavy atom. The van der Waals surface area contributed by atoms with E-state index < -0.39 is 0 Å². The van der Waals surface area contributed by atoms with Crippen LogP contribution >= 0.6 is 0 Å². The lowest BCUT2D eigenvalue weighted by Crippen LogP contribution is -2.25. The fourth-order valence-corrected chi connectivity index (χ4v) is 10.3. The normalized spacial score (nSPS) is 13.0. The van der Waals surface area contributed by atoms with Crippen molar-refractivity contribution in [3.8, 4) is 78.7 Å². The van der Waals surface area contributed by atoms with Gasteiger partial charge in [-0.1, -0.05) is 188 Å². The van der Waals surface area contributed by atoms with Crippen LogP contribution in [0.2, 0.25) is 0 Å². The summed E-state index contributed by atoms with van der Waals surface area (Å²) in [4.78, 5) is 15.5. The number of rotatable bonds is 5. The molecule has 0 atom stereocenters. The molecule has 0 fully saturated rings. The Balaban J connectivity index is 0.937. The van der Waals surface area contributed by atoms with Crippen molar-refractivity contribution >= 4 is 21.9 Å². The minimum atomic E-state index is -0.388. The molecule has 4 heteroatoms. The van der Waals surface area contributed by atoms with Crippen molar-refractivity contribution in [2.75, 3.05) is 0 Å². The van der Waals surface area contributed by atoms with Crippen LogP contribution in [0.25, 0.3) is 101 Å². The van der Waals surface area contributed by atoms with Gasteiger partial charge in [0.15, 0.2) is 17.5 Å². The zero-order valence-electron chi connectivity index (χ0n) is 33.5. The summed E-state index contributed by atoms with van der Waals surface area (Å²) >= 11 is 0. The number of fused-ring (bicyclic) bond motifs is 13. The van der Waals surface area contributed by atoms with Crippen molar-refractivity contribution in [1.29, 1.82) is 0 Å². The monoisotopic (exact) mass is 789 g/mol. The SMILES string of the molecule is c1ccc(-c2nc(-c3ccc(-c4ccc5oc6ccccc6c5c4)cc3)nc(-c3ccccc3-c3ccc4c(c3)-c3ccccc3C43c4ccccc4-c4ccccc43)n2)cc1. The van der Waals surface area contributed by atoms with E-state index in [1.54, 1.807) is 0 Å². The highest BCUT2D eigenvalue weighted by Gasteiger charge is 2.51. The van der Waals surface area contributed by atoms with Crippen molar-refractivity contribution in [1.82, 2.24) is 15.0 Å². The molecule has 0 bridgehead atoms. The maximum Gasteiger partial charge on any atom is 0.164 e. The van der Waals surface area contributed by atoms with E-state index in [4.69, 9.17) is 19.4 Å². The average Bonchev–Trinajstić information content (AvgIpc) is 3.98. The second-order valence-electron chi connectivity index (χ2n) is 16.3. The lowest BCUT2D eigenvalue weighted by molar-refractivity contribution is 0.669. The molecule has 288 valence electrons. The fourth-order valence-electron chi connectivity index (χ4n) is 10.3. The molecular weight excluding hydrogens is 755 g/mol. The average molecular weight is 790 g/mol. The van der Waals surface area contributed by atoms with Crippen molar-refractivity contribution < 1.29 is 4.42 Å². The molecule has 0 aliphatic heterocycles. The van der Waals surface area contributed by atoms with E-state index in [0.29, 0.717) is 17.5 Å². The van der Waals surface area contributed by atoms with E-state index in [2.05, 4.69) is 182 Å². The highest BCUT2D eigenvalue weighted by Crippen LogP contribution is 2.63. The number of furan rings is 1. The van der Waals surface area contributed by atoms with Gasteiger partial charge in [-0.15, -0.1) is 0 Å². The van der Waals surface area contributed by atoms with Gasteiger partial charge in [-0.2, -0.15) is 0 Å². The van der Waals surface area contributed by atoms with Crippen LogP contribution < -0.4 is 0 Å². The van der Waals surface area contributed by atoms with Crippen molar-refractivity contribution in [2.45, 2.75) is 5.41 Å². The predicted molar refractivity (Wildman–Crippen MR) is 251 cm³/mol. The van der Waals surface area contributed by atoms with E-state index >= 15 is 0 Å². The first-order valence-electron chi connectivity index (χ1n) is 21.1. The molecule has 0 saturated heterocycles. The van der Waals surface area contributed by atoms with E-state index in [0.717, 1.165) is 60.9 Å². The first kappa shape index (κ1) is 34.6. The molecule has 0 saturated carbocycles. The van der Waals surface area contributed by atoms with E-state index in [1.807, 2.05) is 30.3 Å². The maximum absolute atomic E-state index is 6.11. The molecule has 13 rings (SSSR count). The molecule has 0 unspecified atom stereocenters. The summed E-state index contributed by atoms with van der Waals surface area (Å²) in [5, 5.41) is 2.23. The molecule has 2 heterocycles. The van der Waals surface area contributed by atoms with Crippen LogP contribution in [0.3, 0.4) is 0 Å². The van der Waals surface area contributed by atoms with Gasteiger partial charge >= 0.3 is 0 Å². The van der Waals surface area contributed by atoms with Crippen molar-refractivity contribution in [3.05, 3.63) is 235 Å².